The fourth-order valence-electron chi connectivity index (χ4n) is 3.49. The lowest BCUT2D eigenvalue weighted by molar-refractivity contribution is 0.245. The Morgan fingerprint density at radius 3 is 2.67 bits per heavy atom. The van der Waals surface area contributed by atoms with Crippen LogP contribution >= 0.6 is 0 Å². The van der Waals surface area contributed by atoms with Crippen molar-refractivity contribution < 1.29 is 4.52 Å². The Morgan fingerprint density at radius 2 is 2.00 bits per heavy atom. The minimum atomic E-state index is 0.369. The molecule has 0 saturated carbocycles. The van der Waals surface area contributed by atoms with Crippen molar-refractivity contribution in [2.24, 2.45) is 4.99 Å². The van der Waals surface area contributed by atoms with Crippen LogP contribution in [0.5, 0.6) is 0 Å². The molecule has 1 unspecified atom stereocenters. The van der Waals surface area contributed by atoms with Crippen LogP contribution in [0.2, 0.25) is 0 Å². The summed E-state index contributed by atoms with van der Waals surface area (Å²) >= 11 is 0. The van der Waals surface area contributed by atoms with Crippen LogP contribution in [-0.4, -0.2) is 54.2 Å². The number of rotatable bonds is 8. The summed E-state index contributed by atoms with van der Waals surface area (Å²) in [7, 11) is 1.81. The Kier molecular flexibility index (Phi) is 7.21. The zero-order chi connectivity index (χ0) is 18.9. The minimum absolute atomic E-state index is 0.369. The molecule has 7 nitrogen and oxygen atoms in total. The zero-order valence-corrected chi connectivity index (χ0v) is 16.3. The van der Waals surface area contributed by atoms with Crippen LogP contribution < -0.4 is 10.6 Å². The maximum absolute atomic E-state index is 5.14. The van der Waals surface area contributed by atoms with Crippen molar-refractivity contribution in [3.63, 3.8) is 0 Å². The summed E-state index contributed by atoms with van der Waals surface area (Å²) in [6, 6.07) is 11.1. The van der Waals surface area contributed by atoms with Gasteiger partial charge < -0.3 is 15.2 Å². The SMILES string of the molecule is CN=C(NCCCc1nc(C)no1)NCC(c1ccccc1)N1CCCC1. The molecular weight excluding hydrogens is 340 g/mol. The Hall–Kier alpha value is -2.41. The van der Waals surface area contributed by atoms with Gasteiger partial charge in [0.2, 0.25) is 5.89 Å². The highest BCUT2D eigenvalue weighted by Gasteiger charge is 2.23. The molecule has 1 aliphatic heterocycles. The Labute approximate surface area is 161 Å². The van der Waals surface area contributed by atoms with Crippen LogP contribution in [-0.2, 0) is 6.42 Å². The van der Waals surface area contributed by atoms with E-state index in [1.54, 1.807) is 0 Å². The number of benzene rings is 1. The van der Waals surface area contributed by atoms with E-state index < -0.39 is 0 Å². The van der Waals surface area contributed by atoms with Gasteiger partial charge in [-0.1, -0.05) is 35.5 Å². The average Bonchev–Trinajstić information content (AvgIpc) is 3.36. The molecule has 1 aromatic heterocycles. The number of aliphatic imine (C=N–C) groups is 1. The summed E-state index contributed by atoms with van der Waals surface area (Å²) in [6.45, 7) is 5.81. The normalized spacial score (nSPS) is 16.4. The van der Waals surface area contributed by atoms with Gasteiger partial charge in [-0.15, -0.1) is 0 Å². The second-order valence-corrected chi connectivity index (χ2v) is 6.89. The van der Waals surface area contributed by atoms with Gasteiger partial charge in [-0.2, -0.15) is 4.98 Å². The van der Waals surface area contributed by atoms with Crippen LogP contribution in [0.25, 0.3) is 0 Å². The van der Waals surface area contributed by atoms with Crippen molar-refractivity contribution in [1.82, 2.24) is 25.7 Å². The highest BCUT2D eigenvalue weighted by molar-refractivity contribution is 5.79. The summed E-state index contributed by atoms with van der Waals surface area (Å²) in [5, 5.41) is 10.7. The van der Waals surface area contributed by atoms with E-state index in [0.717, 1.165) is 45.0 Å². The maximum Gasteiger partial charge on any atom is 0.226 e. The molecule has 0 bridgehead atoms. The lowest BCUT2D eigenvalue weighted by atomic mass is 10.1. The van der Waals surface area contributed by atoms with Gasteiger partial charge in [0, 0.05) is 26.6 Å². The third-order valence-electron chi connectivity index (χ3n) is 4.88. The van der Waals surface area contributed by atoms with Gasteiger partial charge in [-0.25, -0.2) is 0 Å². The molecule has 0 spiro atoms. The topological polar surface area (TPSA) is 78.6 Å². The number of guanidine groups is 1. The molecule has 146 valence electrons. The van der Waals surface area contributed by atoms with Gasteiger partial charge in [0.1, 0.15) is 0 Å². The van der Waals surface area contributed by atoms with Crippen LogP contribution in [0, 0.1) is 6.92 Å². The molecule has 2 aromatic rings. The van der Waals surface area contributed by atoms with Crippen molar-refractivity contribution in [1.29, 1.82) is 0 Å². The van der Waals surface area contributed by atoms with Crippen LogP contribution in [0.4, 0.5) is 0 Å². The number of likely N-dealkylation sites (tertiary alicyclic amines) is 1. The fraction of sp³-hybridized carbons (Fsp3) is 0.550. The van der Waals surface area contributed by atoms with E-state index in [2.05, 4.69) is 61.0 Å². The van der Waals surface area contributed by atoms with E-state index in [0.29, 0.717) is 17.8 Å². The van der Waals surface area contributed by atoms with Gasteiger partial charge in [0.15, 0.2) is 11.8 Å². The molecule has 2 N–H and O–H groups in total. The highest BCUT2D eigenvalue weighted by atomic mass is 16.5. The van der Waals surface area contributed by atoms with E-state index in [4.69, 9.17) is 4.52 Å². The molecule has 2 heterocycles. The molecular formula is C20H30N6O. The summed E-state index contributed by atoms with van der Waals surface area (Å²) in [6.07, 6.45) is 4.25. The van der Waals surface area contributed by atoms with Crippen LogP contribution in [0.15, 0.2) is 39.8 Å². The Morgan fingerprint density at radius 1 is 1.22 bits per heavy atom. The number of nitrogens with zero attached hydrogens (tertiary/aromatic N) is 4. The predicted molar refractivity (Wildman–Crippen MR) is 107 cm³/mol. The van der Waals surface area contributed by atoms with Crippen molar-refractivity contribution >= 4 is 5.96 Å². The second-order valence-electron chi connectivity index (χ2n) is 6.89. The summed E-state index contributed by atoms with van der Waals surface area (Å²) in [4.78, 5) is 11.1. The molecule has 0 amide bonds. The van der Waals surface area contributed by atoms with E-state index in [9.17, 15) is 0 Å². The Bertz CT molecular complexity index is 708. The van der Waals surface area contributed by atoms with Gasteiger partial charge in [0.25, 0.3) is 0 Å². The second kappa shape index (κ2) is 10.1. The largest absolute Gasteiger partial charge is 0.356 e. The third-order valence-corrected chi connectivity index (χ3v) is 4.88. The van der Waals surface area contributed by atoms with E-state index in [1.807, 2.05) is 14.0 Å². The number of hydrogen-bond acceptors (Lipinski definition) is 5. The van der Waals surface area contributed by atoms with Crippen LogP contribution in [0.3, 0.4) is 0 Å². The van der Waals surface area contributed by atoms with Crippen molar-refractivity contribution in [3.8, 4) is 0 Å². The molecule has 27 heavy (non-hydrogen) atoms. The minimum Gasteiger partial charge on any atom is -0.356 e. The Balaban J connectivity index is 1.47. The summed E-state index contributed by atoms with van der Waals surface area (Å²) < 4.78 is 5.14. The van der Waals surface area contributed by atoms with Crippen LogP contribution in [0.1, 0.15) is 42.6 Å². The lowest BCUT2D eigenvalue weighted by Gasteiger charge is -2.29. The molecule has 3 rings (SSSR count). The van der Waals surface area contributed by atoms with Crippen molar-refractivity contribution in [2.45, 2.75) is 38.6 Å². The van der Waals surface area contributed by atoms with Gasteiger partial charge in [0.05, 0.1) is 6.04 Å². The molecule has 1 saturated heterocycles. The average molecular weight is 371 g/mol. The molecule has 1 aliphatic rings. The lowest BCUT2D eigenvalue weighted by Crippen LogP contribution is -2.43. The first-order valence-corrected chi connectivity index (χ1v) is 9.79. The van der Waals surface area contributed by atoms with E-state index in [1.165, 1.54) is 18.4 Å². The van der Waals surface area contributed by atoms with Gasteiger partial charge in [-0.3, -0.25) is 9.89 Å². The molecule has 1 atom stereocenters. The monoisotopic (exact) mass is 370 g/mol. The van der Waals surface area contributed by atoms with Gasteiger partial charge >= 0.3 is 0 Å². The van der Waals surface area contributed by atoms with Crippen molar-refractivity contribution in [3.05, 3.63) is 47.6 Å². The van der Waals surface area contributed by atoms with E-state index in [-0.39, 0.29) is 0 Å². The first kappa shape index (κ1) is 19.4. The van der Waals surface area contributed by atoms with E-state index >= 15 is 0 Å². The highest BCUT2D eigenvalue weighted by Crippen LogP contribution is 2.24. The number of hydrogen-bond donors (Lipinski definition) is 2. The van der Waals surface area contributed by atoms with Crippen molar-refractivity contribution in [2.75, 3.05) is 33.2 Å². The molecule has 0 aliphatic carbocycles. The molecule has 1 aromatic carbocycles. The number of nitrogens with one attached hydrogen (secondary N) is 2. The number of aryl methyl sites for hydroxylation is 2. The molecule has 7 heteroatoms. The maximum atomic E-state index is 5.14. The summed E-state index contributed by atoms with van der Waals surface area (Å²) in [5.74, 6) is 2.21. The van der Waals surface area contributed by atoms with Gasteiger partial charge in [-0.05, 0) is 44.8 Å². The standard InChI is InChI=1S/C20H30N6O/c1-16-24-19(27-25-16)11-8-12-22-20(21-2)23-15-18(26-13-6-7-14-26)17-9-4-3-5-10-17/h3-5,9-10,18H,6-8,11-15H2,1-2H3,(H2,21,22,23). The first-order chi connectivity index (χ1) is 13.3. The quantitative estimate of drug-likeness (QED) is 0.422. The zero-order valence-electron chi connectivity index (χ0n) is 16.3. The molecule has 1 fully saturated rings. The smallest absolute Gasteiger partial charge is 0.226 e. The number of aromatic nitrogens is 2. The first-order valence-electron chi connectivity index (χ1n) is 9.79. The summed E-state index contributed by atoms with van der Waals surface area (Å²) in [5.41, 5.74) is 1.36. The fourth-order valence-corrected chi connectivity index (χ4v) is 3.49. The molecule has 0 radical (unpaired) electrons. The third kappa shape index (κ3) is 5.79. The predicted octanol–water partition coefficient (Wildman–Crippen LogP) is 2.31.